The first-order chi connectivity index (χ1) is 11.7. The molecule has 0 saturated heterocycles. The van der Waals surface area contributed by atoms with Gasteiger partial charge in [-0.05, 0) is 47.6 Å². The molecule has 2 aromatic carbocycles. The molecule has 0 spiro atoms. The van der Waals surface area contributed by atoms with E-state index in [0.29, 0.717) is 5.92 Å². The SMILES string of the molecule is Cc1ccc(OCC(=O)Nc2ccc(C(C)C)cc2)c(C(C)(C)C)c1. The molecule has 0 aliphatic carbocycles. The molecule has 134 valence electrons. The van der Waals surface area contributed by atoms with Crippen molar-refractivity contribution < 1.29 is 9.53 Å². The van der Waals surface area contributed by atoms with Gasteiger partial charge in [-0.2, -0.15) is 0 Å². The normalized spacial score (nSPS) is 11.5. The average molecular weight is 339 g/mol. The van der Waals surface area contributed by atoms with E-state index in [-0.39, 0.29) is 17.9 Å². The van der Waals surface area contributed by atoms with Crippen molar-refractivity contribution in [2.24, 2.45) is 0 Å². The quantitative estimate of drug-likeness (QED) is 0.788. The standard InChI is InChI=1S/C22H29NO2/c1-15(2)17-8-10-18(11-9-17)23-21(24)14-25-20-12-7-16(3)13-19(20)22(4,5)6/h7-13,15H,14H2,1-6H3,(H,23,24). The summed E-state index contributed by atoms with van der Waals surface area (Å²) in [5, 5.41) is 2.88. The summed E-state index contributed by atoms with van der Waals surface area (Å²) in [4.78, 5) is 12.2. The molecule has 0 aliphatic rings. The maximum absolute atomic E-state index is 12.2. The van der Waals surface area contributed by atoms with E-state index in [9.17, 15) is 4.79 Å². The molecule has 0 fully saturated rings. The Morgan fingerprint density at radius 2 is 1.72 bits per heavy atom. The first-order valence-electron chi connectivity index (χ1n) is 8.80. The molecule has 3 nitrogen and oxygen atoms in total. The Labute approximate surface area is 151 Å². The summed E-state index contributed by atoms with van der Waals surface area (Å²) in [7, 11) is 0. The van der Waals surface area contributed by atoms with Crippen LogP contribution in [0, 0.1) is 6.92 Å². The van der Waals surface area contributed by atoms with Gasteiger partial charge in [-0.15, -0.1) is 0 Å². The predicted molar refractivity (Wildman–Crippen MR) is 105 cm³/mol. The molecular formula is C22H29NO2. The minimum absolute atomic E-state index is 0.00191. The van der Waals surface area contributed by atoms with Crippen LogP contribution < -0.4 is 10.1 Å². The van der Waals surface area contributed by atoms with E-state index in [1.165, 1.54) is 11.1 Å². The van der Waals surface area contributed by atoms with Gasteiger partial charge < -0.3 is 10.1 Å². The van der Waals surface area contributed by atoms with Crippen molar-refractivity contribution in [3.63, 3.8) is 0 Å². The molecule has 25 heavy (non-hydrogen) atoms. The number of rotatable bonds is 5. The summed E-state index contributed by atoms with van der Waals surface area (Å²) in [5.41, 5.74) is 4.31. The third kappa shape index (κ3) is 5.35. The summed E-state index contributed by atoms with van der Waals surface area (Å²) in [5.74, 6) is 1.09. The van der Waals surface area contributed by atoms with Crippen molar-refractivity contribution in [1.29, 1.82) is 0 Å². The van der Waals surface area contributed by atoms with E-state index in [1.54, 1.807) is 0 Å². The van der Waals surface area contributed by atoms with Crippen LogP contribution >= 0.6 is 0 Å². The molecule has 1 N–H and O–H groups in total. The van der Waals surface area contributed by atoms with E-state index in [4.69, 9.17) is 4.74 Å². The molecule has 1 amide bonds. The smallest absolute Gasteiger partial charge is 0.262 e. The molecule has 0 unspecified atom stereocenters. The highest BCUT2D eigenvalue weighted by Crippen LogP contribution is 2.32. The van der Waals surface area contributed by atoms with Crippen LogP contribution in [0.1, 0.15) is 57.2 Å². The summed E-state index contributed by atoms with van der Waals surface area (Å²) in [6.07, 6.45) is 0. The zero-order valence-corrected chi connectivity index (χ0v) is 16.1. The van der Waals surface area contributed by atoms with Crippen molar-refractivity contribution in [2.75, 3.05) is 11.9 Å². The Balaban J connectivity index is 2.01. The van der Waals surface area contributed by atoms with Gasteiger partial charge in [0.1, 0.15) is 5.75 Å². The fraction of sp³-hybridized carbons (Fsp3) is 0.409. The van der Waals surface area contributed by atoms with Crippen molar-refractivity contribution in [2.45, 2.75) is 52.9 Å². The summed E-state index contributed by atoms with van der Waals surface area (Å²) < 4.78 is 5.80. The molecule has 0 radical (unpaired) electrons. The van der Waals surface area contributed by atoms with E-state index < -0.39 is 0 Å². The predicted octanol–water partition coefficient (Wildman–Crippen LogP) is 5.43. The number of ether oxygens (including phenoxy) is 1. The van der Waals surface area contributed by atoms with Gasteiger partial charge in [0.2, 0.25) is 0 Å². The van der Waals surface area contributed by atoms with Crippen LogP contribution in [0.3, 0.4) is 0 Å². The lowest BCUT2D eigenvalue weighted by atomic mass is 9.85. The molecule has 2 aromatic rings. The van der Waals surface area contributed by atoms with E-state index in [2.05, 4.69) is 52.9 Å². The molecule has 0 heterocycles. The van der Waals surface area contributed by atoms with Gasteiger partial charge in [-0.3, -0.25) is 4.79 Å². The van der Waals surface area contributed by atoms with Crippen molar-refractivity contribution in [3.05, 3.63) is 59.2 Å². The number of carbonyl (C=O) groups excluding carboxylic acids is 1. The van der Waals surface area contributed by atoms with Crippen LogP contribution in [0.15, 0.2) is 42.5 Å². The molecular weight excluding hydrogens is 310 g/mol. The minimum atomic E-state index is -0.155. The Morgan fingerprint density at radius 3 is 2.28 bits per heavy atom. The maximum Gasteiger partial charge on any atom is 0.262 e. The summed E-state index contributed by atoms with van der Waals surface area (Å²) in [6, 6.07) is 14.0. The van der Waals surface area contributed by atoms with Crippen LogP contribution in [0.2, 0.25) is 0 Å². The zero-order valence-electron chi connectivity index (χ0n) is 16.1. The van der Waals surface area contributed by atoms with Gasteiger partial charge in [0.05, 0.1) is 0 Å². The van der Waals surface area contributed by atoms with Gasteiger partial charge in [-0.25, -0.2) is 0 Å². The van der Waals surface area contributed by atoms with Gasteiger partial charge in [0.15, 0.2) is 6.61 Å². The van der Waals surface area contributed by atoms with Gasteiger partial charge >= 0.3 is 0 Å². The molecule has 0 aliphatic heterocycles. The minimum Gasteiger partial charge on any atom is -0.483 e. The van der Waals surface area contributed by atoms with Crippen molar-refractivity contribution in [1.82, 2.24) is 0 Å². The lowest BCUT2D eigenvalue weighted by molar-refractivity contribution is -0.118. The number of amides is 1. The van der Waals surface area contributed by atoms with Gasteiger partial charge in [-0.1, -0.05) is 64.4 Å². The Bertz CT molecular complexity index is 725. The molecule has 2 rings (SSSR count). The average Bonchev–Trinajstić information content (AvgIpc) is 2.53. The fourth-order valence-electron chi connectivity index (χ4n) is 2.65. The maximum atomic E-state index is 12.2. The monoisotopic (exact) mass is 339 g/mol. The van der Waals surface area contributed by atoms with Crippen LogP contribution in [-0.2, 0) is 10.2 Å². The molecule has 0 aromatic heterocycles. The largest absolute Gasteiger partial charge is 0.483 e. The fourth-order valence-corrected chi connectivity index (χ4v) is 2.65. The topological polar surface area (TPSA) is 38.3 Å². The van der Waals surface area contributed by atoms with Crippen LogP contribution in [0.4, 0.5) is 5.69 Å². The second-order valence-electron chi connectivity index (χ2n) is 7.86. The Kier molecular flexibility index (Phi) is 5.89. The number of aryl methyl sites for hydroxylation is 1. The highest BCUT2D eigenvalue weighted by atomic mass is 16.5. The van der Waals surface area contributed by atoms with Crippen molar-refractivity contribution in [3.8, 4) is 5.75 Å². The van der Waals surface area contributed by atoms with Crippen LogP contribution in [-0.4, -0.2) is 12.5 Å². The molecule has 0 bridgehead atoms. The molecule has 0 saturated carbocycles. The van der Waals surface area contributed by atoms with Crippen LogP contribution in [0.5, 0.6) is 5.75 Å². The highest BCUT2D eigenvalue weighted by Gasteiger charge is 2.19. The van der Waals surface area contributed by atoms with Crippen LogP contribution in [0.25, 0.3) is 0 Å². The number of nitrogens with one attached hydrogen (secondary N) is 1. The first kappa shape index (κ1) is 19.0. The number of benzene rings is 2. The van der Waals surface area contributed by atoms with E-state index in [1.807, 2.05) is 36.4 Å². The second-order valence-corrected chi connectivity index (χ2v) is 7.86. The third-order valence-corrected chi connectivity index (χ3v) is 4.16. The van der Waals surface area contributed by atoms with Crippen molar-refractivity contribution >= 4 is 11.6 Å². The highest BCUT2D eigenvalue weighted by molar-refractivity contribution is 5.91. The first-order valence-corrected chi connectivity index (χ1v) is 8.80. The third-order valence-electron chi connectivity index (χ3n) is 4.16. The van der Waals surface area contributed by atoms with E-state index in [0.717, 1.165) is 17.0 Å². The lowest BCUT2D eigenvalue weighted by Gasteiger charge is -2.23. The second kappa shape index (κ2) is 7.73. The van der Waals surface area contributed by atoms with Gasteiger partial charge in [0, 0.05) is 5.69 Å². The Hall–Kier alpha value is -2.29. The van der Waals surface area contributed by atoms with Gasteiger partial charge in [0.25, 0.3) is 5.91 Å². The molecule has 3 heteroatoms. The number of anilines is 1. The van der Waals surface area contributed by atoms with E-state index >= 15 is 0 Å². The number of carbonyl (C=O) groups is 1. The number of hydrogen-bond donors (Lipinski definition) is 1. The zero-order chi connectivity index (χ0) is 18.6. The lowest BCUT2D eigenvalue weighted by Crippen LogP contribution is -2.22. The Morgan fingerprint density at radius 1 is 1.08 bits per heavy atom. The summed E-state index contributed by atoms with van der Waals surface area (Å²) in [6.45, 7) is 12.8. The molecule has 0 atom stereocenters. The number of hydrogen-bond acceptors (Lipinski definition) is 2. The summed E-state index contributed by atoms with van der Waals surface area (Å²) >= 11 is 0.